The highest BCUT2D eigenvalue weighted by Crippen LogP contribution is 2.36. The van der Waals surface area contributed by atoms with E-state index in [0.29, 0.717) is 13.2 Å². The molecule has 2 rings (SSSR count). The minimum Gasteiger partial charge on any atom is -0.404 e. The van der Waals surface area contributed by atoms with Crippen LogP contribution in [0.5, 0.6) is 0 Å². The van der Waals surface area contributed by atoms with Gasteiger partial charge in [0.15, 0.2) is 0 Å². The molecule has 0 aliphatic rings. The lowest BCUT2D eigenvalue weighted by atomic mass is 10.2. The second kappa shape index (κ2) is 10.6. The van der Waals surface area contributed by atoms with Crippen molar-refractivity contribution in [2.45, 2.75) is 45.1 Å². The number of hydrogen-bond acceptors (Lipinski definition) is 3. The molecule has 0 aliphatic heterocycles. The van der Waals surface area contributed by atoms with E-state index in [1.807, 2.05) is 19.1 Å². The van der Waals surface area contributed by atoms with Crippen LogP contribution in [-0.2, 0) is 13.9 Å². The van der Waals surface area contributed by atoms with Gasteiger partial charge in [0.1, 0.15) is 6.10 Å². The molecule has 29 heavy (non-hydrogen) atoms. The molecule has 0 saturated heterocycles. The van der Waals surface area contributed by atoms with Gasteiger partial charge in [0.25, 0.3) is 8.32 Å². The third-order valence-corrected chi connectivity index (χ3v) is 9.90. The third kappa shape index (κ3) is 5.46. The summed E-state index contributed by atoms with van der Waals surface area (Å²) < 4.78 is 18.2. The van der Waals surface area contributed by atoms with Crippen molar-refractivity contribution in [3.8, 4) is 12.3 Å². The average molecular weight is 409 g/mol. The molecular formula is C25H32O3Si. The minimum atomic E-state index is -2.63. The van der Waals surface area contributed by atoms with Crippen molar-refractivity contribution in [1.82, 2.24) is 0 Å². The lowest BCUT2D eigenvalue weighted by Gasteiger charge is -2.43. The molecule has 3 nitrogen and oxygen atoms in total. The highest BCUT2D eigenvalue weighted by atomic mass is 28.4. The van der Waals surface area contributed by atoms with Gasteiger partial charge < -0.3 is 13.9 Å². The van der Waals surface area contributed by atoms with E-state index in [1.165, 1.54) is 10.4 Å². The Morgan fingerprint density at radius 1 is 1.03 bits per heavy atom. The highest BCUT2D eigenvalue weighted by Gasteiger charge is 2.50. The fourth-order valence-corrected chi connectivity index (χ4v) is 8.14. The quantitative estimate of drug-likeness (QED) is 0.256. The van der Waals surface area contributed by atoms with Crippen molar-refractivity contribution in [3.63, 3.8) is 0 Å². The second-order valence-electron chi connectivity index (χ2n) is 7.84. The number of rotatable bonds is 10. The van der Waals surface area contributed by atoms with E-state index in [9.17, 15) is 0 Å². The van der Waals surface area contributed by atoms with Crippen LogP contribution in [-0.4, -0.2) is 33.9 Å². The Hall–Kier alpha value is -2.16. The van der Waals surface area contributed by atoms with Crippen LogP contribution < -0.4 is 10.4 Å². The standard InChI is InChI=1S/C25H32O3Si/c1-7-21(28-24(8-2)26-9-3)20-27-29(25(4,5)6,22-16-12-10-13-17-22)23-18-14-11-15-19-23/h2,7,10-19,21,24H,1,9,20H2,3-6H3/t21-,24+/m0/s1. The first kappa shape index (κ1) is 23.1. The molecule has 0 heterocycles. The highest BCUT2D eigenvalue weighted by molar-refractivity contribution is 6.99. The molecule has 0 spiro atoms. The molecule has 0 fully saturated rings. The maximum absolute atomic E-state index is 6.86. The van der Waals surface area contributed by atoms with E-state index in [4.69, 9.17) is 20.3 Å². The molecule has 0 bridgehead atoms. The first-order chi connectivity index (χ1) is 13.9. The van der Waals surface area contributed by atoms with Gasteiger partial charge in [0.2, 0.25) is 6.29 Å². The zero-order valence-corrected chi connectivity index (χ0v) is 18.9. The van der Waals surface area contributed by atoms with Gasteiger partial charge in [-0.05, 0) is 28.3 Å². The summed E-state index contributed by atoms with van der Waals surface area (Å²) in [4.78, 5) is 0. The maximum atomic E-state index is 6.86. The molecule has 154 valence electrons. The molecular weight excluding hydrogens is 376 g/mol. The van der Waals surface area contributed by atoms with Crippen LogP contribution in [0.3, 0.4) is 0 Å². The van der Waals surface area contributed by atoms with Gasteiger partial charge in [-0.25, -0.2) is 0 Å². The Balaban J connectivity index is 2.43. The summed E-state index contributed by atoms with van der Waals surface area (Å²) >= 11 is 0. The molecule has 0 radical (unpaired) electrons. The van der Waals surface area contributed by atoms with E-state index in [-0.39, 0.29) is 11.1 Å². The first-order valence-corrected chi connectivity index (χ1v) is 11.9. The number of hydrogen-bond donors (Lipinski definition) is 0. The molecule has 4 heteroatoms. The van der Waals surface area contributed by atoms with Gasteiger partial charge in [0.05, 0.1) is 6.61 Å². The van der Waals surface area contributed by atoms with E-state index < -0.39 is 14.6 Å². The van der Waals surface area contributed by atoms with E-state index in [1.54, 1.807) is 6.08 Å². The Morgan fingerprint density at radius 2 is 1.55 bits per heavy atom. The third-order valence-electron chi connectivity index (χ3n) is 4.90. The van der Waals surface area contributed by atoms with Gasteiger partial charge in [-0.3, -0.25) is 0 Å². The van der Waals surface area contributed by atoms with Crippen LogP contribution in [0.15, 0.2) is 73.3 Å². The zero-order chi connectivity index (χ0) is 21.3. The van der Waals surface area contributed by atoms with Crippen LogP contribution in [0.4, 0.5) is 0 Å². The SMILES string of the molecule is C#C[C@H](OCC)O[C@@H](C=C)CO[Si](c1ccccc1)(c1ccccc1)C(C)(C)C. The van der Waals surface area contributed by atoms with Gasteiger partial charge in [-0.1, -0.05) is 87.5 Å². The number of terminal acetylenes is 1. The average Bonchev–Trinajstić information content (AvgIpc) is 2.73. The summed E-state index contributed by atoms with van der Waals surface area (Å²) in [6, 6.07) is 21.0. The predicted molar refractivity (Wildman–Crippen MR) is 123 cm³/mol. The summed E-state index contributed by atoms with van der Waals surface area (Å²) in [5.41, 5.74) is 0. The largest absolute Gasteiger partial charge is 0.404 e. The molecule has 2 aromatic rings. The van der Waals surface area contributed by atoms with Gasteiger partial charge in [0, 0.05) is 6.61 Å². The Bertz CT molecular complexity index is 751. The number of ether oxygens (including phenoxy) is 2. The van der Waals surface area contributed by atoms with Crippen LogP contribution in [0.25, 0.3) is 0 Å². The summed E-state index contributed by atoms with van der Waals surface area (Å²) in [7, 11) is -2.63. The first-order valence-electron chi connectivity index (χ1n) is 9.99. The lowest BCUT2D eigenvalue weighted by molar-refractivity contribution is -0.128. The van der Waals surface area contributed by atoms with Crippen molar-refractivity contribution in [2.24, 2.45) is 0 Å². The predicted octanol–water partition coefficient (Wildman–Crippen LogP) is 4.13. The van der Waals surface area contributed by atoms with Crippen molar-refractivity contribution in [1.29, 1.82) is 0 Å². The summed E-state index contributed by atoms with van der Waals surface area (Å²) in [6.45, 7) is 13.3. The number of benzene rings is 2. The minimum absolute atomic E-state index is 0.104. The van der Waals surface area contributed by atoms with Crippen LogP contribution in [0, 0.1) is 12.3 Å². The van der Waals surface area contributed by atoms with Gasteiger partial charge in [-0.15, -0.1) is 13.0 Å². The maximum Gasteiger partial charge on any atom is 0.261 e. The summed E-state index contributed by atoms with van der Waals surface area (Å²) in [5.74, 6) is 2.52. The zero-order valence-electron chi connectivity index (χ0n) is 17.9. The summed E-state index contributed by atoms with van der Waals surface area (Å²) in [6.07, 6.45) is 6.16. The molecule has 0 N–H and O–H groups in total. The lowest BCUT2D eigenvalue weighted by Crippen LogP contribution is -2.67. The van der Waals surface area contributed by atoms with Gasteiger partial charge in [-0.2, -0.15) is 0 Å². The van der Waals surface area contributed by atoms with Crippen LogP contribution in [0.2, 0.25) is 5.04 Å². The Labute approximate surface area is 176 Å². The fraction of sp³-hybridized carbons (Fsp3) is 0.360. The second-order valence-corrected chi connectivity index (χ2v) is 12.1. The Morgan fingerprint density at radius 3 is 1.93 bits per heavy atom. The van der Waals surface area contributed by atoms with E-state index >= 15 is 0 Å². The molecule has 0 aromatic heterocycles. The van der Waals surface area contributed by atoms with Crippen molar-refractivity contribution in [3.05, 3.63) is 73.3 Å². The molecule has 2 atom stereocenters. The Kier molecular flexibility index (Phi) is 8.42. The molecule has 2 aromatic carbocycles. The molecule has 0 unspecified atom stereocenters. The van der Waals surface area contributed by atoms with E-state index in [2.05, 4.69) is 81.8 Å². The molecule has 0 amide bonds. The summed E-state index contributed by atoms with van der Waals surface area (Å²) in [5, 5.41) is 2.34. The van der Waals surface area contributed by atoms with Crippen LogP contribution in [0.1, 0.15) is 27.7 Å². The topological polar surface area (TPSA) is 27.7 Å². The van der Waals surface area contributed by atoms with Crippen LogP contribution >= 0.6 is 0 Å². The van der Waals surface area contributed by atoms with Gasteiger partial charge >= 0.3 is 0 Å². The van der Waals surface area contributed by atoms with Crippen molar-refractivity contribution in [2.75, 3.05) is 13.2 Å². The van der Waals surface area contributed by atoms with Crippen molar-refractivity contribution < 1.29 is 13.9 Å². The smallest absolute Gasteiger partial charge is 0.261 e. The monoisotopic (exact) mass is 408 g/mol. The normalized spacial score (nSPS) is 14.0. The molecule has 0 aliphatic carbocycles. The fourth-order valence-electron chi connectivity index (χ4n) is 3.57. The van der Waals surface area contributed by atoms with E-state index in [0.717, 1.165) is 0 Å². The van der Waals surface area contributed by atoms with Crippen molar-refractivity contribution >= 4 is 18.7 Å². The molecule has 0 saturated carbocycles.